The van der Waals surface area contributed by atoms with Gasteiger partial charge in [0.2, 0.25) is 6.61 Å². The second-order valence-electron chi connectivity index (χ2n) is 10.3. The second-order valence-corrected chi connectivity index (χ2v) is 10.3. The van der Waals surface area contributed by atoms with Crippen LogP contribution in [0.4, 0.5) is 5.69 Å². The lowest BCUT2D eigenvalue weighted by atomic mass is 10.0. The zero-order valence-corrected chi connectivity index (χ0v) is 24.0. The number of carbonyl (C=O) groups excluding carboxylic acids is 1. The predicted molar refractivity (Wildman–Crippen MR) is 165 cm³/mol. The van der Waals surface area contributed by atoms with Crippen LogP contribution in [-0.4, -0.2) is 71.5 Å². The highest BCUT2D eigenvalue weighted by Gasteiger charge is 2.31. The monoisotopic (exact) mass is 578 g/mol. The number of para-hydroxylation sites is 1. The average Bonchev–Trinajstić information content (AvgIpc) is 3.04. The standard InChI is InChI=1S/C34H34N4O5/c1-25(36-43-24-34(40)41)27-12-14-28(15-13-27)29-8-5-11-32(20-29)42-23-33(39)38-18-17-37(30-9-3-2-4-10-30)22-31(38)19-26-7-6-16-35-21-26/h2-16,20-21,31H,17-19,22-24H2,1H3,(H,40,41). The van der Waals surface area contributed by atoms with Crippen LogP contribution < -0.4 is 9.64 Å². The number of benzene rings is 3. The number of aromatic nitrogens is 1. The van der Waals surface area contributed by atoms with E-state index < -0.39 is 12.6 Å². The normalized spacial score (nSPS) is 15.2. The van der Waals surface area contributed by atoms with E-state index in [4.69, 9.17) is 14.7 Å². The van der Waals surface area contributed by atoms with E-state index in [0.29, 0.717) is 24.4 Å². The molecule has 1 fully saturated rings. The third kappa shape index (κ3) is 7.97. The summed E-state index contributed by atoms with van der Waals surface area (Å²) < 4.78 is 6.02. The molecule has 1 atom stereocenters. The number of hydrogen-bond donors (Lipinski definition) is 1. The highest BCUT2D eigenvalue weighted by Crippen LogP contribution is 2.25. The number of anilines is 1. The highest BCUT2D eigenvalue weighted by atomic mass is 16.6. The molecule has 1 aliphatic rings. The second kappa shape index (κ2) is 14.1. The van der Waals surface area contributed by atoms with Crippen LogP contribution in [0.15, 0.2) is 109 Å². The van der Waals surface area contributed by atoms with E-state index in [0.717, 1.165) is 41.0 Å². The molecule has 0 spiro atoms. The summed E-state index contributed by atoms with van der Waals surface area (Å²) in [6.45, 7) is 3.30. The Bertz CT molecular complexity index is 1540. The number of carboxylic acids is 1. The summed E-state index contributed by atoms with van der Waals surface area (Å²) in [7, 11) is 0. The molecule has 43 heavy (non-hydrogen) atoms. The van der Waals surface area contributed by atoms with Gasteiger partial charge in [0.25, 0.3) is 5.91 Å². The molecule has 0 aliphatic carbocycles. The number of carbonyl (C=O) groups is 2. The summed E-state index contributed by atoms with van der Waals surface area (Å²) in [6.07, 6.45) is 4.33. The van der Waals surface area contributed by atoms with Gasteiger partial charge in [-0.1, -0.05) is 65.8 Å². The van der Waals surface area contributed by atoms with Crippen LogP contribution in [0, 0.1) is 0 Å². The van der Waals surface area contributed by atoms with Crippen molar-refractivity contribution in [3.63, 3.8) is 0 Å². The van der Waals surface area contributed by atoms with Crippen LogP contribution in [-0.2, 0) is 20.8 Å². The minimum Gasteiger partial charge on any atom is -0.484 e. The fourth-order valence-corrected chi connectivity index (χ4v) is 5.16. The molecule has 0 radical (unpaired) electrons. The molecular weight excluding hydrogens is 544 g/mol. The van der Waals surface area contributed by atoms with Crippen molar-refractivity contribution >= 4 is 23.3 Å². The number of carboxylic acid groups (broad SMARTS) is 1. The molecule has 4 aromatic rings. The van der Waals surface area contributed by atoms with Gasteiger partial charge in [-0.15, -0.1) is 0 Å². The van der Waals surface area contributed by atoms with E-state index in [1.54, 1.807) is 13.1 Å². The van der Waals surface area contributed by atoms with Gasteiger partial charge in [-0.25, -0.2) is 4.79 Å². The molecule has 0 saturated carbocycles. The Hall–Kier alpha value is -5.18. The summed E-state index contributed by atoms with van der Waals surface area (Å²) >= 11 is 0. The number of nitrogens with zero attached hydrogens (tertiary/aromatic N) is 4. The molecule has 220 valence electrons. The van der Waals surface area contributed by atoms with E-state index >= 15 is 0 Å². The molecule has 2 heterocycles. The van der Waals surface area contributed by atoms with Crippen LogP contribution in [0.25, 0.3) is 11.1 Å². The number of pyridine rings is 1. The smallest absolute Gasteiger partial charge is 0.344 e. The predicted octanol–water partition coefficient (Wildman–Crippen LogP) is 4.91. The van der Waals surface area contributed by atoms with Crippen molar-refractivity contribution in [3.05, 3.63) is 115 Å². The molecule has 0 bridgehead atoms. The van der Waals surface area contributed by atoms with E-state index in [-0.39, 0.29) is 18.6 Å². The minimum atomic E-state index is -1.08. The molecule has 5 rings (SSSR count). The molecule has 3 aromatic carbocycles. The van der Waals surface area contributed by atoms with E-state index in [9.17, 15) is 9.59 Å². The van der Waals surface area contributed by atoms with Crippen molar-refractivity contribution in [2.45, 2.75) is 19.4 Å². The number of amides is 1. The van der Waals surface area contributed by atoms with E-state index in [1.165, 1.54) is 0 Å². The Balaban J connectivity index is 1.23. The van der Waals surface area contributed by atoms with Crippen molar-refractivity contribution in [1.82, 2.24) is 9.88 Å². The van der Waals surface area contributed by atoms with Gasteiger partial charge >= 0.3 is 5.97 Å². The highest BCUT2D eigenvalue weighted by molar-refractivity contribution is 5.98. The molecular formula is C34H34N4O5. The van der Waals surface area contributed by atoms with Crippen LogP contribution in [0.1, 0.15) is 18.1 Å². The van der Waals surface area contributed by atoms with Gasteiger partial charge < -0.3 is 24.5 Å². The van der Waals surface area contributed by atoms with Gasteiger partial charge in [0.1, 0.15) is 5.75 Å². The number of oxime groups is 1. The van der Waals surface area contributed by atoms with Crippen molar-refractivity contribution < 1.29 is 24.3 Å². The first-order valence-electron chi connectivity index (χ1n) is 14.2. The van der Waals surface area contributed by atoms with Gasteiger partial charge in [-0.3, -0.25) is 9.78 Å². The van der Waals surface area contributed by atoms with Crippen LogP contribution >= 0.6 is 0 Å². The van der Waals surface area contributed by atoms with Crippen molar-refractivity contribution in [2.75, 3.05) is 37.7 Å². The number of aliphatic carboxylic acids is 1. The Kier molecular flexibility index (Phi) is 9.63. The Morgan fingerprint density at radius 1 is 0.930 bits per heavy atom. The minimum absolute atomic E-state index is 0.0133. The zero-order valence-electron chi connectivity index (χ0n) is 24.0. The number of rotatable bonds is 11. The lowest BCUT2D eigenvalue weighted by Crippen LogP contribution is -2.57. The molecule has 1 aromatic heterocycles. The van der Waals surface area contributed by atoms with Crippen molar-refractivity contribution in [3.8, 4) is 16.9 Å². The summed E-state index contributed by atoms with van der Waals surface area (Å²) in [4.78, 5) is 37.5. The van der Waals surface area contributed by atoms with E-state index in [2.05, 4.69) is 27.2 Å². The maximum absolute atomic E-state index is 13.5. The Labute approximate surface area is 251 Å². The quantitative estimate of drug-likeness (QED) is 0.199. The molecule has 1 unspecified atom stereocenters. The van der Waals surface area contributed by atoms with Crippen LogP contribution in [0.3, 0.4) is 0 Å². The van der Waals surface area contributed by atoms with Crippen LogP contribution in [0.5, 0.6) is 5.75 Å². The Morgan fingerprint density at radius 3 is 2.49 bits per heavy atom. The number of ether oxygens (including phenoxy) is 1. The maximum Gasteiger partial charge on any atom is 0.344 e. The lowest BCUT2D eigenvalue weighted by Gasteiger charge is -2.42. The van der Waals surface area contributed by atoms with Gasteiger partial charge in [0, 0.05) is 37.7 Å². The number of hydrogen-bond acceptors (Lipinski definition) is 7. The zero-order chi connectivity index (χ0) is 30.0. The van der Waals surface area contributed by atoms with E-state index in [1.807, 2.05) is 90.0 Å². The summed E-state index contributed by atoms with van der Waals surface area (Å²) in [5.41, 5.74) is 5.55. The van der Waals surface area contributed by atoms with Crippen molar-refractivity contribution in [2.24, 2.45) is 5.16 Å². The number of piperazine rings is 1. The molecule has 1 N–H and O–H groups in total. The third-order valence-electron chi connectivity index (χ3n) is 7.34. The molecule has 1 amide bonds. The fraction of sp³-hybridized carbons (Fsp3) is 0.235. The van der Waals surface area contributed by atoms with Crippen molar-refractivity contribution in [1.29, 1.82) is 0 Å². The molecule has 9 nitrogen and oxygen atoms in total. The maximum atomic E-state index is 13.5. The lowest BCUT2D eigenvalue weighted by molar-refractivity contribution is -0.142. The van der Waals surface area contributed by atoms with Gasteiger partial charge in [-0.05, 0) is 65.9 Å². The summed E-state index contributed by atoms with van der Waals surface area (Å²) in [6, 6.07) is 29.6. The largest absolute Gasteiger partial charge is 0.484 e. The molecule has 9 heteroatoms. The third-order valence-corrected chi connectivity index (χ3v) is 7.34. The average molecular weight is 579 g/mol. The SMILES string of the molecule is CC(=NOCC(=O)O)c1ccc(-c2cccc(OCC(=O)N3CCN(c4ccccc4)CC3Cc3cccnc3)c2)cc1. The first-order chi connectivity index (χ1) is 21.0. The van der Waals surface area contributed by atoms with Crippen LogP contribution in [0.2, 0.25) is 0 Å². The van der Waals surface area contributed by atoms with Gasteiger partial charge in [0.05, 0.1) is 11.8 Å². The first-order valence-corrected chi connectivity index (χ1v) is 14.2. The van der Waals surface area contributed by atoms with Gasteiger partial charge in [0.15, 0.2) is 6.61 Å². The van der Waals surface area contributed by atoms with Gasteiger partial charge in [-0.2, -0.15) is 0 Å². The molecule has 1 saturated heterocycles. The first kappa shape index (κ1) is 29.3. The fourth-order valence-electron chi connectivity index (χ4n) is 5.16. The summed E-state index contributed by atoms with van der Waals surface area (Å²) in [5.74, 6) is -0.511. The summed E-state index contributed by atoms with van der Waals surface area (Å²) in [5, 5.41) is 12.6. The topological polar surface area (TPSA) is 105 Å². The molecule has 1 aliphatic heterocycles. The Morgan fingerprint density at radius 2 is 1.74 bits per heavy atom.